The first-order valence-corrected chi connectivity index (χ1v) is 7.73. The number of nitrogens with zero attached hydrogens (tertiary/aromatic N) is 2. The third-order valence-corrected chi connectivity index (χ3v) is 4.15. The van der Waals surface area contributed by atoms with Gasteiger partial charge in [-0.3, -0.25) is 9.59 Å². The van der Waals surface area contributed by atoms with Gasteiger partial charge in [-0.15, -0.1) is 11.3 Å². The average Bonchev–Trinajstić information content (AvgIpc) is 2.96. The first-order chi connectivity index (χ1) is 10.1. The Kier molecular flexibility index (Phi) is 5.37. The standard InChI is InChI=1S/C15H18N2O3S/c1-12(19)16-5-7-17(8-6-16)15(20)13-10-14(21-11-13)4-2-3-9-18/h10-11,18H,3,5-9H2,1H3. The van der Waals surface area contributed by atoms with Crippen LogP contribution in [0.4, 0.5) is 0 Å². The number of thiophene rings is 1. The molecule has 1 aromatic rings. The Balaban J connectivity index is 1.95. The van der Waals surface area contributed by atoms with Gasteiger partial charge < -0.3 is 14.9 Å². The van der Waals surface area contributed by atoms with E-state index in [4.69, 9.17) is 5.11 Å². The lowest BCUT2D eigenvalue weighted by molar-refractivity contribution is -0.130. The number of hydrogen-bond acceptors (Lipinski definition) is 4. The van der Waals surface area contributed by atoms with Crippen LogP contribution in [0.15, 0.2) is 11.4 Å². The zero-order valence-corrected chi connectivity index (χ0v) is 12.8. The highest BCUT2D eigenvalue weighted by atomic mass is 32.1. The van der Waals surface area contributed by atoms with E-state index in [2.05, 4.69) is 11.8 Å². The highest BCUT2D eigenvalue weighted by Crippen LogP contribution is 2.16. The van der Waals surface area contributed by atoms with Gasteiger partial charge in [-0.05, 0) is 6.07 Å². The molecule has 112 valence electrons. The molecule has 1 saturated heterocycles. The number of rotatable bonds is 2. The molecule has 5 nitrogen and oxygen atoms in total. The maximum Gasteiger partial charge on any atom is 0.254 e. The molecule has 1 fully saturated rings. The van der Waals surface area contributed by atoms with Crippen molar-refractivity contribution in [2.24, 2.45) is 0 Å². The molecule has 1 aliphatic heterocycles. The van der Waals surface area contributed by atoms with Gasteiger partial charge in [0.2, 0.25) is 5.91 Å². The Morgan fingerprint density at radius 3 is 2.57 bits per heavy atom. The quantitative estimate of drug-likeness (QED) is 0.822. The van der Waals surface area contributed by atoms with Crippen LogP contribution in [-0.4, -0.2) is 59.5 Å². The number of carbonyl (C=O) groups excluding carboxylic acids is 2. The van der Waals surface area contributed by atoms with Gasteiger partial charge in [-0.25, -0.2) is 0 Å². The maximum atomic E-state index is 12.4. The van der Waals surface area contributed by atoms with Crippen molar-refractivity contribution in [3.8, 4) is 11.8 Å². The molecule has 0 aromatic carbocycles. The van der Waals surface area contributed by atoms with E-state index < -0.39 is 0 Å². The minimum Gasteiger partial charge on any atom is -0.395 e. The molecule has 0 aliphatic carbocycles. The Labute approximate surface area is 128 Å². The SMILES string of the molecule is CC(=O)N1CCN(C(=O)c2csc(C#CCCO)c2)CC1. The van der Waals surface area contributed by atoms with Crippen molar-refractivity contribution < 1.29 is 14.7 Å². The summed E-state index contributed by atoms with van der Waals surface area (Å²) in [6.45, 7) is 3.92. The van der Waals surface area contributed by atoms with Crippen molar-refractivity contribution in [1.29, 1.82) is 0 Å². The van der Waals surface area contributed by atoms with Crippen LogP contribution in [0.2, 0.25) is 0 Å². The predicted molar refractivity (Wildman–Crippen MR) is 81.1 cm³/mol. The molecule has 1 aromatic heterocycles. The Hall–Kier alpha value is -1.84. The first-order valence-electron chi connectivity index (χ1n) is 6.85. The van der Waals surface area contributed by atoms with E-state index in [-0.39, 0.29) is 18.4 Å². The molecule has 2 heterocycles. The second kappa shape index (κ2) is 7.25. The summed E-state index contributed by atoms with van der Waals surface area (Å²) >= 11 is 1.43. The van der Waals surface area contributed by atoms with Gasteiger partial charge in [-0.2, -0.15) is 0 Å². The molecule has 6 heteroatoms. The van der Waals surface area contributed by atoms with Crippen LogP contribution in [0.1, 0.15) is 28.6 Å². The van der Waals surface area contributed by atoms with E-state index in [0.717, 1.165) is 4.88 Å². The fraction of sp³-hybridized carbons (Fsp3) is 0.467. The lowest BCUT2D eigenvalue weighted by Gasteiger charge is -2.34. The van der Waals surface area contributed by atoms with Crippen molar-refractivity contribution in [2.75, 3.05) is 32.8 Å². The Morgan fingerprint density at radius 2 is 1.95 bits per heavy atom. The van der Waals surface area contributed by atoms with Gasteiger partial charge in [0.25, 0.3) is 5.91 Å². The van der Waals surface area contributed by atoms with Crippen LogP contribution in [0.3, 0.4) is 0 Å². The molecule has 0 unspecified atom stereocenters. The van der Waals surface area contributed by atoms with Crippen LogP contribution in [-0.2, 0) is 4.79 Å². The largest absolute Gasteiger partial charge is 0.395 e. The van der Waals surface area contributed by atoms with Crippen LogP contribution in [0, 0.1) is 11.8 Å². The number of piperazine rings is 1. The summed E-state index contributed by atoms with van der Waals surface area (Å²) in [5.74, 6) is 5.82. The lowest BCUT2D eigenvalue weighted by Crippen LogP contribution is -2.50. The average molecular weight is 306 g/mol. The lowest BCUT2D eigenvalue weighted by atomic mass is 10.2. The molecule has 2 amide bonds. The molecule has 2 rings (SSSR count). The number of amides is 2. The Bertz CT molecular complexity index is 577. The highest BCUT2D eigenvalue weighted by Gasteiger charge is 2.23. The van der Waals surface area contributed by atoms with Crippen LogP contribution >= 0.6 is 11.3 Å². The van der Waals surface area contributed by atoms with Gasteiger partial charge in [0.15, 0.2) is 0 Å². The molecule has 0 saturated carbocycles. The summed E-state index contributed by atoms with van der Waals surface area (Å²) in [4.78, 5) is 28.0. The van der Waals surface area contributed by atoms with E-state index in [9.17, 15) is 9.59 Å². The van der Waals surface area contributed by atoms with Gasteiger partial charge >= 0.3 is 0 Å². The van der Waals surface area contributed by atoms with Gasteiger partial charge in [0.05, 0.1) is 17.0 Å². The number of aliphatic hydroxyl groups is 1. The number of aliphatic hydroxyl groups excluding tert-OH is 1. The number of carbonyl (C=O) groups is 2. The summed E-state index contributed by atoms with van der Waals surface area (Å²) in [6, 6.07) is 1.79. The number of hydrogen-bond donors (Lipinski definition) is 1. The maximum absolute atomic E-state index is 12.4. The Morgan fingerprint density at radius 1 is 1.29 bits per heavy atom. The molecule has 21 heavy (non-hydrogen) atoms. The third kappa shape index (κ3) is 4.06. The first kappa shape index (κ1) is 15.5. The normalized spacial score (nSPS) is 14.6. The van der Waals surface area contributed by atoms with Crippen molar-refractivity contribution >= 4 is 23.2 Å². The van der Waals surface area contributed by atoms with E-state index in [1.807, 2.05) is 5.38 Å². The van der Waals surface area contributed by atoms with Gasteiger partial charge in [-0.1, -0.05) is 11.8 Å². The monoisotopic (exact) mass is 306 g/mol. The summed E-state index contributed by atoms with van der Waals surface area (Å²) in [5.41, 5.74) is 0.643. The molecule has 0 atom stereocenters. The molecule has 1 N–H and O–H groups in total. The molecular weight excluding hydrogens is 288 g/mol. The smallest absolute Gasteiger partial charge is 0.254 e. The molecule has 0 radical (unpaired) electrons. The zero-order chi connectivity index (χ0) is 15.2. The fourth-order valence-electron chi connectivity index (χ4n) is 2.13. The summed E-state index contributed by atoms with van der Waals surface area (Å²) in [7, 11) is 0. The summed E-state index contributed by atoms with van der Waals surface area (Å²) in [6.07, 6.45) is 0.439. The highest BCUT2D eigenvalue weighted by molar-refractivity contribution is 7.10. The third-order valence-electron chi connectivity index (χ3n) is 3.31. The van der Waals surface area contributed by atoms with E-state index in [1.165, 1.54) is 11.3 Å². The van der Waals surface area contributed by atoms with Crippen LogP contribution < -0.4 is 0 Å². The molecular formula is C15H18N2O3S. The predicted octanol–water partition coefficient (Wildman–Crippen LogP) is 0.786. The second-order valence-electron chi connectivity index (χ2n) is 4.77. The van der Waals surface area contributed by atoms with Crippen molar-refractivity contribution in [3.05, 3.63) is 21.9 Å². The molecule has 1 aliphatic rings. The van der Waals surface area contributed by atoms with Crippen molar-refractivity contribution in [1.82, 2.24) is 9.80 Å². The fourth-order valence-corrected chi connectivity index (χ4v) is 2.88. The second-order valence-corrected chi connectivity index (χ2v) is 5.68. The van der Waals surface area contributed by atoms with Gasteiger partial charge in [0, 0.05) is 44.9 Å². The van der Waals surface area contributed by atoms with E-state index in [0.29, 0.717) is 38.2 Å². The van der Waals surface area contributed by atoms with Gasteiger partial charge in [0.1, 0.15) is 0 Å². The minimum absolute atomic E-state index is 0.00957. The van der Waals surface area contributed by atoms with Crippen LogP contribution in [0.5, 0.6) is 0 Å². The molecule has 0 spiro atoms. The topological polar surface area (TPSA) is 60.9 Å². The molecule has 0 bridgehead atoms. The zero-order valence-electron chi connectivity index (χ0n) is 12.0. The summed E-state index contributed by atoms with van der Waals surface area (Å²) in [5, 5.41) is 10.5. The van der Waals surface area contributed by atoms with E-state index in [1.54, 1.807) is 22.8 Å². The minimum atomic E-state index is -0.00957. The van der Waals surface area contributed by atoms with Crippen molar-refractivity contribution in [3.63, 3.8) is 0 Å². The van der Waals surface area contributed by atoms with E-state index >= 15 is 0 Å². The summed E-state index contributed by atoms with van der Waals surface area (Å²) < 4.78 is 0. The van der Waals surface area contributed by atoms with Crippen LogP contribution in [0.25, 0.3) is 0 Å². The van der Waals surface area contributed by atoms with Crippen molar-refractivity contribution in [2.45, 2.75) is 13.3 Å².